The van der Waals surface area contributed by atoms with E-state index in [-0.39, 0.29) is 0 Å². The van der Waals surface area contributed by atoms with E-state index in [9.17, 15) is 8.42 Å². The van der Waals surface area contributed by atoms with E-state index in [1.807, 2.05) is 6.07 Å². The molecule has 0 N–H and O–H groups in total. The molecule has 0 unspecified atom stereocenters. The summed E-state index contributed by atoms with van der Waals surface area (Å²) in [4.78, 5) is 0.742. The normalized spacial score (nSPS) is 17.6. The maximum Gasteiger partial charge on any atom is 0.202 e. The van der Waals surface area contributed by atoms with Crippen LogP contribution in [-0.2, 0) is 9.84 Å². The molecule has 2 nitrogen and oxygen atoms in total. The van der Waals surface area contributed by atoms with Crippen molar-refractivity contribution in [3.63, 3.8) is 0 Å². The van der Waals surface area contributed by atoms with Crippen LogP contribution in [-0.4, -0.2) is 8.42 Å². The second-order valence-electron chi connectivity index (χ2n) is 5.06. The average Bonchev–Trinajstić information content (AvgIpc) is 2.41. The molecule has 0 heterocycles. The van der Waals surface area contributed by atoms with Crippen molar-refractivity contribution in [1.82, 2.24) is 0 Å². The third-order valence-corrected chi connectivity index (χ3v) is 5.49. The second kappa shape index (κ2) is 5.70. The molecule has 0 aromatic heterocycles. The minimum Gasteiger partial charge on any atom is -0.219 e. The van der Waals surface area contributed by atoms with Gasteiger partial charge in [-0.3, -0.25) is 0 Å². The standard InChI is InChI=1S/C15H20O2S/c1-13(12-14-8-4-2-5-9-14)18(16,17)15-10-6-3-7-11-15/h3,6-7,10-11,14H,1-2,4-5,8-9,12H2. The molecule has 0 radical (unpaired) electrons. The Kier molecular flexibility index (Phi) is 4.23. The molecule has 2 rings (SSSR count). The summed E-state index contributed by atoms with van der Waals surface area (Å²) in [5.41, 5.74) is 0. The maximum atomic E-state index is 12.3. The summed E-state index contributed by atoms with van der Waals surface area (Å²) in [6.07, 6.45) is 6.64. The van der Waals surface area contributed by atoms with Gasteiger partial charge in [-0.25, -0.2) is 8.42 Å². The Labute approximate surface area is 110 Å². The average molecular weight is 264 g/mol. The van der Waals surface area contributed by atoms with Gasteiger partial charge in [-0.1, -0.05) is 56.9 Å². The van der Waals surface area contributed by atoms with Gasteiger partial charge >= 0.3 is 0 Å². The number of hydrogen-bond acceptors (Lipinski definition) is 2. The lowest BCUT2D eigenvalue weighted by molar-refractivity contribution is 0.359. The molecule has 1 aliphatic rings. The molecule has 0 saturated heterocycles. The van der Waals surface area contributed by atoms with Crippen LogP contribution in [0.4, 0.5) is 0 Å². The molecule has 0 atom stereocenters. The van der Waals surface area contributed by atoms with E-state index in [2.05, 4.69) is 6.58 Å². The van der Waals surface area contributed by atoms with Crippen molar-refractivity contribution in [1.29, 1.82) is 0 Å². The number of hydrogen-bond donors (Lipinski definition) is 0. The van der Waals surface area contributed by atoms with Gasteiger partial charge in [0, 0.05) is 4.91 Å². The Morgan fingerprint density at radius 2 is 1.72 bits per heavy atom. The van der Waals surface area contributed by atoms with Crippen molar-refractivity contribution < 1.29 is 8.42 Å². The van der Waals surface area contributed by atoms with Crippen LogP contribution in [0, 0.1) is 5.92 Å². The highest BCUT2D eigenvalue weighted by Crippen LogP contribution is 2.31. The smallest absolute Gasteiger partial charge is 0.202 e. The molecule has 1 aromatic carbocycles. The molecule has 18 heavy (non-hydrogen) atoms. The first-order valence-corrected chi connectivity index (χ1v) is 8.07. The molecule has 1 aliphatic carbocycles. The van der Waals surface area contributed by atoms with Gasteiger partial charge in [0.2, 0.25) is 9.84 Å². The van der Waals surface area contributed by atoms with E-state index in [1.165, 1.54) is 19.3 Å². The fourth-order valence-corrected chi connectivity index (χ4v) is 3.89. The monoisotopic (exact) mass is 264 g/mol. The zero-order chi connectivity index (χ0) is 13.0. The molecule has 3 heteroatoms. The molecule has 0 amide bonds. The minimum absolute atomic E-state index is 0.366. The van der Waals surface area contributed by atoms with Crippen LogP contribution in [0.1, 0.15) is 38.5 Å². The van der Waals surface area contributed by atoms with Gasteiger partial charge in [0.1, 0.15) is 0 Å². The zero-order valence-electron chi connectivity index (χ0n) is 10.6. The second-order valence-corrected chi connectivity index (χ2v) is 7.12. The van der Waals surface area contributed by atoms with Gasteiger partial charge in [0.05, 0.1) is 4.90 Å². The van der Waals surface area contributed by atoms with Gasteiger partial charge in [0.25, 0.3) is 0 Å². The summed E-state index contributed by atoms with van der Waals surface area (Å²) in [5, 5.41) is 0. The quantitative estimate of drug-likeness (QED) is 0.825. The molecular weight excluding hydrogens is 244 g/mol. The van der Waals surface area contributed by atoms with Crippen molar-refractivity contribution in [2.45, 2.75) is 43.4 Å². The number of rotatable bonds is 4. The van der Waals surface area contributed by atoms with Crippen molar-refractivity contribution in [3.05, 3.63) is 41.8 Å². The molecule has 1 fully saturated rings. The summed E-state index contributed by atoms with van der Waals surface area (Å²) in [7, 11) is -3.33. The van der Waals surface area contributed by atoms with Gasteiger partial charge in [-0.2, -0.15) is 0 Å². The molecule has 0 spiro atoms. The topological polar surface area (TPSA) is 34.1 Å². The zero-order valence-corrected chi connectivity index (χ0v) is 11.5. The molecule has 0 aliphatic heterocycles. The Morgan fingerprint density at radius 3 is 2.33 bits per heavy atom. The van der Waals surface area contributed by atoms with Gasteiger partial charge in [-0.05, 0) is 24.5 Å². The number of allylic oxidation sites excluding steroid dienone is 1. The van der Waals surface area contributed by atoms with Crippen LogP contribution in [0.25, 0.3) is 0 Å². The van der Waals surface area contributed by atoms with Gasteiger partial charge in [0.15, 0.2) is 0 Å². The third kappa shape index (κ3) is 3.02. The SMILES string of the molecule is C=C(CC1CCCCC1)S(=O)(=O)c1ccccc1. The highest BCUT2D eigenvalue weighted by Gasteiger charge is 2.22. The van der Waals surface area contributed by atoms with Crippen LogP contribution in [0.3, 0.4) is 0 Å². The van der Waals surface area contributed by atoms with Crippen LogP contribution in [0.2, 0.25) is 0 Å². The van der Waals surface area contributed by atoms with Gasteiger partial charge < -0.3 is 0 Å². The predicted octanol–water partition coefficient (Wildman–Crippen LogP) is 3.94. The number of benzene rings is 1. The maximum absolute atomic E-state index is 12.3. The van der Waals surface area contributed by atoms with E-state index in [4.69, 9.17) is 0 Å². The highest BCUT2D eigenvalue weighted by molar-refractivity contribution is 7.95. The Bertz CT molecular complexity index is 497. The predicted molar refractivity (Wildman–Crippen MR) is 74.0 cm³/mol. The van der Waals surface area contributed by atoms with Crippen LogP contribution < -0.4 is 0 Å². The fourth-order valence-electron chi connectivity index (χ4n) is 2.59. The van der Waals surface area contributed by atoms with E-state index in [0.29, 0.717) is 22.1 Å². The summed E-state index contributed by atoms with van der Waals surface area (Å²) < 4.78 is 24.6. The van der Waals surface area contributed by atoms with Crippen molar-refractivity contribution in [2.75, 3.05) is 0 Å². The summed E-state index contributed by atoms with van der Waals surface area (Å²) in [5.74, 6) is 0.504. The Hall–Kier alpha value is -1.09. The lowest BCUT2D eigenvalue weighted by atomic mass is 9.87. The summed E-state index contributed by atoms with van der Waals surface area (Å²) >= 11 is 0. The van der Waals surface area contributed by atoms with Crippen LogP contribution in [0.5, 0.6) is 0 Å². The lowest BCUT2D eigenvalue weighted by Crippen LogP contribution is -2.11. The van der Waals surface area contributed by atoms with Crippen LogP contribution in [0.15, 0.2) is 46.7 Å². The lowest BCUT2D eigenvalue weighted by Gasteiger charge is -2.22. The first kappa shape index (κ1) is 13.3. The first-order valence-electron chi connectivity index (χ1n) is 6.58. The number of sulfone groups is 1. The molecular formula is C15H20O2S. The molecule has 0 bridgehead atoms. The van der Waals surface area contributed by atoms with Gasteiger partial charge in [-0.15, -0.1) is 0 Å². The fraction of sp³-hybridized carbons (Fsp3) is 0.467. The molecule has 1 aromatic rings. The Balaban J connectivity index is 2.08. The van der Waals surface area contributed by atoms with Crippen molar-refractivity contribution >= 4 is 9.84 Å². The summed E-state index contributed by atoms with van der Waals surface area (Å²) in [6.45, 7) is 3.81. The third-order valence-electron chi connectivity index (χ3n) is 3.67. The Morgan fingerprint density at radius 1 is 1.11 bits per heavy atom. The molecule has 98 valence electrons. The van der Waals surface area contributed by atoms with Crippen molar-refractivity contribution in [2.24, 2.45) is 5.92 Å². The van der Waals surface area contributed by atoms with E-state index < -0.39 is 9.84 Å². The minimum atomic E-state index is -3.33. The van der Waals surface area contributed by atoms with E-state index in [1.54, 1.807) is 24.3 Å². The van der Waals surface area contributed by atoms with Crippen LogP contribution >= 0.6 is 0 Å². The highest BCUT2D eigenvalue weighted by atomic mass is 32.2. The van der Waals surface area contributed by atoms with E-state index in [0.717, 1.165) is 12.8 Å². The first-order chi connectivity index (χ1) is 8.60. The largest absolute Gasteiger partial charge is 0.219 e. The summed E-state index contributed by atoms with van der Waals surface area (Å²) in [6, 6.07) is 8.60. The molecule has 1 saturated carbocycles. The van der Waals surface area contributed by atoms with Crippen molar-refractivity contribution in [3.8, 4) is 0 Å². The van der Waals surface area contributed by atoms with E-state index >= 15 is 0 Å².